The molecule has 25 heavy (non-hydrogen) atoms. The van der Waals surface area contributed by atoms with E-state index in [1.165, 1.54) is 25.0 Å². The van der Waals surface area contributed by atoms with Crippen LogP contribution in [0.25, 0.3) is 0 Å². The van der Waals surface area contributed by atoms with Crippen molar-refractivity contribution in [3.63, 3.8) is 0 Å². The quantitative estimate of drug-likeness (QED) is 0.852. The number of piperazine rings is 1. The third-order valence-electron chi connectivity index (χ3n) is 5.52. The minimum absolute atomic E-state index is 0.0232. The first-order valence-corrected chi connectivity index (χ1v) is 9.18. The number of aromatic nitrogens is 4. The van der Waals surface area contributed by atoms with Gasteiger partial charge in [0, 0.05) is 26.2 Å². The largest absolute Gasteiger partial charge is 0.304 e. The van der Waals surface area contributed by atoms with Gasteiger partial charge in [-0.2, -0.15) is 0 Å². The molecule has 1 aliphatic carbocycles. The van der Waals surface area contributed by atoms with Gasteiger partial charge in [-0.3, -0.25) is 4.90 Å². The Labute approximate surface area is 147 Å². The fourth-order valence-corrected chi connectivity index (χ4v) is 4.04. The molecule has 2 fully saturated rings. The van der Waals surface area contributed by atoms with E-state index in [2.05, 4.69) is 32.4 Å². The zero-order chi connectivity index (χ0) is 17.2. The van der Waals surface area contributed by atoms with Crippen LogP contribution in [0.3, 0.4) is 0 Å². The van der Waals surface area contributed by atoms with Crippen molar-refractivity contribution in [1.29, 1.82) is 0 Å². The first kappa shape index (κ1) is 16.6. The number of hydrogen-bond acceptors (Lipinski definition) is 5. The molecule has 1 aromatic carbocycles. The third kappa shape index (κ3) is 3.43. The molecule has 0 N–H and O–H groups in total. The zero-order valence-corrected chi connectivity index (χ0v) is 14.7. The van der Waals surface area contributed by atoms with Gasteiger partial charge in [0.2, 0.25) is 0 Å². The van der Waals surface area contributed by atoms with Crippen LogP contribution in [-0.2, 0) is 0 Å². The van der Waals surface area contributed by atoms with Gasteiger partial charge in [-0.05, 0) is 48.0 Å². The Morgan fingerprint density at radius 2 is 1.72 bits per heavy atom. The van der Waals surface area contributed by atoms with E-state index in [9.17, 15) is 4.39 Å². The van der Waals surface area contributed by atoms with Crippen LogP contribution >= 0.6 is 0 Å². The molecular weight excluding hydrogens is 319 g/mol. The lowest BCUT2D eigenvalue weighted by atomic mass is 10.0. The van der Waals surface area contributed by atoms with Gasteiger partial charge in [0.25, 0.3) is 0 Å². The summed E-state index contributed by atoms with van der Waals surface area (Å²) in [6, 6.07) is 7.16. The van der Waals surface area contributed by atoms with Crippen LogP contribution in [0, 0.1) is 5.82 Å². The predicted molar refractivity (Wildman–Crippen MR) is 92.6 cm³/mol. The van der Waals surface area contributed by atoms with Crippen LogP contribution in [0.1, 0.15) is 49.2 Å². The lowest BCUT2D eigenvalue weighted by molar-refractivity contribution is 0.120. The summed E-state index contributed by atoms with van der Waals surface area (Å²) in [7, 11) is 2.15. The van der Waals surface area contributed by atoms with Crippen molar-refractivity contribution in [2.24, 2.45) is 0 Å². The molecule has 1 atom stereocenters. The molecule has 0 amide bonds. The molecule has 0 unspecified atom stereocenters. The third-order valence-corrected chi connectivity index (χ3v) is 5.52. The Kier molecular flexibility index (Phi) is 4.76. The van der Waals surface area contributed by atoms with Crippen LogP contribution in [-0.4, -0.2) is 63.2 Å². The van der Waals surface area contributed by atoms with Crippen LogP contribution in [0.15, 0.2) is 24.3 Å². The van der Waals surface area contributed by atoms with Crippen molar-refractivity contribution in [3.8, 4) is 0 Å². The average Bonchev–Trinajstić information content (AvgIpc) is 3.30. The molecule has 0 radical (unpaired) electrons. The van der Waals surface area contributed by atoms with Crippen molar-refractivity contribution in [2.75, 3.05) is 33.2 Å². The molecule has 1 saturated heterocycles. The Balaban J connectivity index is 1.70. The number of likely N-dealkylation sites (N-methyl/N-ethyl adjacent to an activating group) is 1. The van der Waals surface area contributed by atoms with Crippen molar-refractivity contribution >= 4 is 0 Å². The molecular formula is C18H25FN6. The molecule has 4 rings (SSSR count). The molecule has 7 heteroatoms. The fraction of sp³-hybridized carbons (Fsp3) is 0.611. The monoisotopic (exact) mass is 344 g/mol. The molecule has 2 aliphatic rings. The molecule has 1 saturated carbocycles. The van der Waals surface area contributed by atoms with Crippen molar-refractivity contribution in [2.45, 2.75) is 37.8 Å². The Morgan fingerprint density at radius 3 is 2.40 bits per heavy atom. The van der Waals surface area contributed by atoms with Crippen molar-refractivity contribution in [3.05, 3.63) is 41.5 Å². The smallest absolute Gasteiger partial charge is 0.173 e. The van der Waals surface area contributed by atoms with E-state index in [1.807, 2.05) is 16.8 Å². The maximum Gasteiger partial charge on any atom is 0.173 e. The lowest BCUT2D eigenvalue weighted by Gasteiger charge is -2.37. The molecule has 0 spiro atoms. The van der Waals surface area contributed by atoms with Crippen LogP contribution in [0.4, 0.5) is 4.39 Å². The van der Waals surface area contributed by atoms with Gasteiger partial charge in [-0.1, -0.05) is 25.0 Å². The highest BCUT2D eigenvalue weighted by atomic mass is 19.1. The summed E-state index contributed by atoms with van der Waals surface area (Å²) in [4.78, 5) is 4.75. The van der Waals surface area contributed by atoms with Gasteiger partial charge in [-0.25, -0.2) is 9.07 Å². The van der Waals surface area contributed by atoms with Crippen LogP contribution in [0.2, 0.25) is 0 Å². The number of rotatable bonds is 4. The molecule has 0 bridgehead atoms. The predicted octanol–water partition coefficient (Wildman–Crippen LogP) is 2.26. The summed E-state index contributed by atoms with van der Waals surface area (Å²) >= 11 is 0. The van der Waals surface area contributed by atoms with Gasteiger partial charge in [0.15, 0.2) is 5.82 Å². The highest BCUT2D eigenvalue weighted by molar-refractivity contribution is 5.25. The summed E-state index contributed by atoms with van der Waals surface area (Å²) in [5, 5.41) is 12.7. The molecule has 134 valence electrons. The van der Waals surface area contributed by atoms with E-state index in [-0.39, 0.29) is 11.9 Å². The topological polar surface area (TPSA) is 50.1 Å². The van der Waals surface area contributed by atoms with Crippen molar-refractivity contribution in [1.82, 2.24) is 30.0 Å². The second-order valence-electron chi connectivity index (χ2n) is 7.21. The molecule has 1 aromatic heterocycles. The van der Waals surface area contributed by atoms with E-state index in [0.717, 1.165) is 50.4 Å². The van der Waals surface area contributed by atoms with E-state index in [1.54, 1.807) is 0 Å². The van der Waals surface area contributed by atoms with Gasteiger partial charge < -0.3 is 4.90 Å². The summed E-state index contributed by atoms with van der Waals surface area (Å²) in [5.74, 6) is 0.680. The molecule has 1 aliphatic heterocycles. The average molecular weight is 344 g/mol. The van der Waals surface area contributed by atoms with Gasteiger partial charge in [0.05, 0.1) is 12.1 Å². The number of hydrogen-bond donors (Lipinski definition) is 0. The highest BCUT2D eigenvalue weighted by Gasteiger charge is 2.32. The summed E-state index contributed by atoms with van der Waals surface area (Å²) in [6.45, 7) is 3.94. The minimum atomic E-state index is -0.212. The number of benzene rings is 1. The van der Waals surface area contributed by atoms with Crippen molar-refractivity contribution < 1.29 is 4.39 Å². The SMILES string of the molecule is CN1CCN([C@H](c2ccc(F)cc2)c2nnnn2C2CCCC2)CC1. The maximum absolute atomic E-state index is 13.4. The minimum Gasteiger partial charge on any atom is -0.304 e. The Bertz CT molecular complexity index is 686. The van der Waals surface area contributed by atoms with Gasteiger partial charge in [-0.15, -0.1) is 5.10 Å². The molecule has 2 aromatic rings. The van der Waals surface area contributed by atoms with Crippen LogP contribution in [0.5, 0.6) is 0 Å². The highest BCUT2D eigenvalue weighted by Crippen LogP contribution is 2.34. The Morgan fingerprint density at radius 1 is 1.04 bits per heavy atom. The number of nitrogens with zero attached hydrogens (tertiary/aromatic N) is 6. The Hall–Kier alpha value is -1.86. The van der Waals surface area contributed by atoms with E-state index in [0.29, 0.717) is 6.04 Å². The molecule has 2 heterocycles. The summed E-state index contributed by atoms with van der Waals surface area (Å²) in [6.07, 6.45) is 4.74. The first-order valence-electron chi connectivity index (χ1n) is 9.18. The van der Waals surface area contributed by atoms with E-state index < -0.39 is 0 Å². The van der Waals surface area contributed by atoms with Gasteiger partial charge in [0.1, 0.15) is 5.82 Å². The van der Waals surface area contributed by atoms with E-state index in [4.69, 9.17) is 0 Å². The first-order chi connectivity index (χ1) is 12.2. The standard InChI is InChI=1S/C18H25FN6/c1-23-10-12-24(13-11-23)17(14-6-8-15(19)9-7-14)18-20-21-22-25(18)16-4-2-3-5-16/h6-9,16-17H,2-5,10-13H2,1H3/t17-/m1/s1. The summed E-state index contributed by atoms with van der Waals surface area (Å²) in [5.41, 5.74) is 1.06. The second-order valence-corrected chi connectivity index (χ2v) is 7.21. The number of halogens is 1. The van der Waals surface area contributed by atoms with Crippen LogP contribution < -0.4 is 0 Å². The second kappa shape index (κ2) is 7.17. The normalized spacial score (nSPS) is 21.7. The lowest BCUT2D eigenvalue weighted by Crippen LogP contribution is -2.46. The summed E-state index contributed by atoms with van der Waals surface area (Å²) < 4.78 is 15.5. The zero-order valence-electron chi connectivity index (χ0n) is 14.7. The maximum atomic E-state index is 13.4. The fourth-order valence-electron chi connectivity index (χ4n) is 4.04. The molecule has 6 nitrogen and oxygen atoms in total. The van der Waals surface area contributed by atoms with Gasteiger partial charge >= 0.3 is 0 Å². The number of tetrazole rings is 1. The van der Waals surface area contributed by atoms with E-state index >= 15 is 0 Å².